The van der Waals surface area contributed by atoms with E-state index in [0.717, 1.165) is 25.8 Å². The minimum atomic E-state index is -0.246. The first kappa shape index (κ1) is 16.4. The van der Waals surface area contributed by atoms with Gasteiger partial charge >= 0.3 is 5.97 Å². The van der Waals surface area contributed by atoms with Gasteiger partial charge in [0, 0.05) is 24.0 Å². The van der Waals surface area contributed by atoms with Crippen molar-refractivity contribution in [2.75, 3.05) is 13.2 Å². The van der Waals surface area contributed by atoms with Gasteiger partial charge in [0.05, 0.1) is 6.10 Å². The molecule has 1 aliphatic heterocycles. The number of esters is 1. The van der Waals surface area contributed by atoms with Crippen LogP contribution >= 0.6 is 0 Å². The van der Waals surface area contributed by atoms with E-state index in [9.17, 15) is 9.90 Å². The van der Waals surface area contributed by atoms with Gasteiger partial charge in [-0.3, -0.25) is 9.69 Å². The third-order valence-corrected chi connectivity index (χ3v) is 3.96. The zero-order chi connectivity index (χ0) is 14.7. The van der Waals surface area contributed by atoms with Crippen LogP contribution in [-0.4, -0.2) is 46.3 Å². The number of aliphatic hydroxyl groups excluding tert-OH is 1. The number of ether oxygens (including phenoxy) is 1. The molecule has 0 aromatic carbocycles. The van der Waals surface area contributed by atoms with E-state index in [4.69, 9.17) is 4.74 Å². The summed E-state index contributed by atoms with van der Waals surface area (Å²) in [5, 5.41) is 9.97. The maximum atomic E-state index is 11.4. The lowest BCUT2D eigenvalue weighted by Crippen LogP contribution is -2.62. The summed E-state index contributed by atoms with van der Waals surface area (Å²) >= 11 is 0. The number of piperidine rings is 1. The van der Waals surface area contributed by atoms with Crippen LogP contribution in [0.15, 0.2) is 0 Å². The maximum Gasteiger partial charge on any atom is 0.305 e. The zero-order valence-electron chi connectivity index (χ0n) is 13.0. The highest BCUT2D eigenvalue weighted by molar-refractivity contribution is 5.69. The number of hydrogen-bond donors (Lipinski definition) is 1. The second kappa shape index (κ2) is 6.23. The standard InChI is InChI=1S/C15H29NO3/c1-6-7-13(18)19-9-8-16-14(2,3)10-12(17)11-15(16,4)5/h12,17H,6-11H2,1-5H3. The van der Waals surface area contributed by atoms with E-state index >= 15 is 0 Å². The summed E-state index contributed by atoms with van der Waals surface area (Å²) in [6.07, 6.45) is 2.60. The molecule has 1 rings (SSSR count). The van der Waals surface area contributed by atoms with Crippen LogP contribution < -0.4 is 0 Å². The van der Waals surface area contributed by atoms with E-state index in [1.807, 2.05) is 6.92 Å². The Hall–Kier alpha value is -0.610. The Balaban J connectivity index is 2.56. The highest BCUT2D eigenvalue weighted by Gasteiger charge is 2.44. The lowest BCUT2D eigenvalue weighted by atomic mass is 9.78. The van der Waals surface area contributed by atoms with Crippen LogP contribution in [0.2, 0.25) is 0 Å². The molecular weight excluding hydrogens is 242 g/mol. The largest absolute Gasteiger partial charge is 0.464 e. The summed E-state index contributed by atoms with van der Waals surface area (Å²) in [4.78, 5) is 13.7. The van der Waals surface area contributed by atoms with Crippen LogP contribution in [0.3, 0.4) is 0 Å². The quantitative estimate of drug-likeness (QED) is 0.780. The number of carbonyl (C=O) groups is 1. The number of rotatable bonds is 5. The molecule has 19 heavy (non-hydrogen) atoms. The van der Waals surface area contributed by atoms with E-state index in [0.29, 0.717) is 13.0 Å². The van der Waals surface area contributed by atoms with Crippen molar-refractivity contribution in [3.63, 3.8) is 0 Å². The molecule has 1 aliphatic rings. The van der Waals surface area contributed by atoms with Crippen molar-refractivity contribution < 1.29 is 14.6 Å². The predicted octanol–water partition coefficient (Wildman–Crippen LogP) is 2.34. The lowest BCUT2D eigenvalue weighted by Gasteiger charge is -2.54. The van der Waals surface area contributed by atoms with Crippen molar-refractivity contribution in [2.45, 2.75) is 77.5 Å². The molecule has 1 N–H and O–H groups in total. The van der Waals surface area contributed by atoms with Gasteiger partial charge < -0.3 is 9.84 Å². The van der Waals surface area contributed by atoms with Gasteiger partial charge in [0.15, 0.2) is 0 Å². The van der Waals surface area contributed by atoms with Gasteiger partial charge in [-0.2, -0.15) is 0 Å². The molecule has 0 bridgehead atoms. The minimum Gasteiger partial charge on any atom is -0.464 e. The minimum absolute atomic E-state index is 0.0711. The predicted molar refractivity (Wildman–Crippen MR) is 76.0 cm³/mol. The molecule has 4 heteroatoms. The fraction of sp³-hybridized carbons (Fsp3) is 0.933. The summed E-state index contributed by atoms with van der Waals surface area (Å²) in [7, 11) is 0. The molecular formula is C15H29NO3. The van der Waals surface area contributed by atoms with Gasteiger partial charge in [-0.25, -0.2) is 0 Å². The van der Waals surface area contributed by atoms with Crippen LogP contribution in [0.1, 0.15) is 60.3 Å². The molecule has 0 spiro atoms. The number of carbonyl (C=O) groups excluding carboxylic acids is 1. The third kappa shape index (κ3) is 4.46. The third-order valence-electron chi connectivity index (χ3n) is 3.96. The first-order chi connectivity index (χ1) is 8.69. The molecule has 0 amide bonds. The molecule has 0 saturated carbocycles. The topological polar surface area (TPSA) is 49.8 Å². The first-order valence-corrected chi connectivity index (χ1v) is 7.30. The molecule has 0 radical (unpaired) electrons. The van der Waals surface area contributed by atoms with Crippen molar-refractivity contribution >= 4 is 5.97 Å². The second-order valence-electron chi connectivity index (χ2n) is 6.81. The van der Waals surface area contributed by atoms with Crippen molar-refractivity contribution in [1.29, 1.82) is 0 Å². The van der Waals surface area contributed by atoms with Crippen molar-refractivity contribution in [3.8, 4) is 0 Å². The van der Waals surface area contributed by atoms with E-state index in [1.165, 1.54) is 0 Å². The first-order valence-electron chi connectivity index (χ1n) is 7.30. The number of likely N-dealkylation sites (tertiary alicyclic amines) is 1. The Morgan fingerprint density at radius 1 is 1.26 bits per heavy atom. The molecule has 112 valence electrons. The summed E-state index contributed by atoms with van der Waals surface area (Å²) in [5.74, 6) is -0.116. The summed E-state index contributed by atoms with van der Waals surface area (Å²) in [5.41, 5.74) is -0.142. The van der Waals surface area contributed by atoms with Crippen molar-refractivity contribution in [2.24, 2.45) is 0 Å². The van der Waals surface area contributed by atoms with Gasteiger partial charge in [0.1, 0.15) is 6.61 Å². The zero-order valence-corrected chi connectivity index (χ0v) is 13.0. The van der Waals surface area contributed by atoms with Crippen LogP contribution in [0.5, 0.6) is 0 Å². The average Bonchev–Trinajstić information content (AvgIpc) is 2.20. The number of aliphatic hydroxyl groups is 1. The van der Waals surface area contributed by atoms with Gasteiger partial charge in [-0.15, -0.1) is 0 Å². The van der Waals surface area contributed by atoms with E-state index in [-0.39, 0.29) is 23.2 Å². The van der Waals surface area contributed by atoms with Crippen LogP contribution in [0.25, 0.3) is 0 Å². The molecule has 0 aliphatic carbocycles. The molecule has 0 aromatic rings. The molecule has 4 nitrogen and oxygen atoms in total. The molecule has 1 heterocycles. The Labute approximate surface area is 117 Å². The summed E-state index contributed by atoms with van der Waals surface area (Å²) < 4.78 is 5.26. The molecule has 1 saturated heterocycles. The highest BCUT2D eigenvalue weighted by atomic mass is 16.5. The molecule has 0 atom stereocenters. The highest BCUT2D eigenvalue weighted by Crippen LogP contribution is 2.37. The molecule has 0 unspecified atom stereocenters. The second-order valence-corrected chi connectivity index (χ2v) is 6.81. The normalized spacial score (nSPS) is 23.3. The summed E-state index contributed by atoms with van der Waals surface area (Å²) in [6.45, 7) is 11.7. The van der Waals surface area contributed by atoms with E-state index in [2.05, 4.69) is 32.6 Å². The van der Waals surface area contributed by atoms with Gasteiger partial charge in [-0.1, -0.05) is 6.92 Å². The van der Waals surface area contributed by atoms with Crippen LogP contribution in [-0.2, 0) is 9.53 Å². The fourth-order valence-electron chi connectivity index (χ4n) is 3.40. The molecule has 0 aromatic heterocycles. The Morgan fingerprint density at radius 2 is 1.79 bits per heavy atom. The Kier molecular flexibility index (Phi) is 5.39. The number of hydrogen-bond acceptors (Lipinski definition) is 4. The van der Waals surface area contributed by atoms with Crippen LogP contribution in [0, 0.1) is 0 Å². The van der Waals surface area contributed by atoms with Gasteiger partial charge in [0.2, 0.25) is 0 Å². The fourth-order valence-corrected chi connectivity index (χ4v) is 3.40. The van der Waals surface area contributed by atoms with Crippen molar-refractivity contribution in [3.05, 3.63) is 0 Å². The lowest BCUT2D eigenvalue weighted by molar-refractivity contribution is -0.147. The Morgan fingerprint density at radius 3 is 2.26 bits per heavy atom. The van der Waals surface area contributed by atoms with E-state index in [1.54, 1.807) is 0 Å². The van der Waals surface area contributed by atoms with E-state index < -0.39 is 0 Å². The van der Waals surface area contributed by atoms with Gasteiger partial charge in [-0.05, 0) is 47.0 Å². The average molecular weight is 271 g/mol. The number of nitrogens with zero attached hydrogens (tertiary/aromatic N) is 1. The van der Waals surface area contributed by atoms with Crippen molar-refractivity contribution in [1.82, 2.24) is 4.90 Å². The maximum absolute atomic E-state index is 11.4. The molecule has 1 fully saturated rings. The monoisotopic (exact) mass is 271 g/mol. The van der Waals surface area contributed by atoms with Gasteiger partial charge in [0.25, 0.3) is 0 Å². The van der Waals surface area contributed by atoms with Crippen LogP contribution in [0.4, 0.5) is 0 Å². The summed E-state index contributed by atoms with van der Waals surface area (Å²) in [6, 6.07) is 0. The Bertz CT molecular complexity index is 295. The smallest absolute Gasteiger partial charge is 0.305 e. The SMILES string of the molecule is CCCC(=O)OCCN1C(C)(C)CC(O)CC1(C)C.